The van der Waals surface area contributed by atoms with Gasteiger partial charge in [-0.15, -0.1) is 0 Å². The molecule has 0 aliphatic heterocycles. The monoisotopic (exact) mass is 375 g/mol. The van der Waals surface area contributed by atoms with Gasteiger partial charge in [-0.3, -0.25) is 19.7 Å². The largest absolute Gasteiger partial charge is 0.368 e. The Labute approximate surface area is 154 Å². The molecular weight excluding hydrogens is 357 g/mol. The van der Waals surface area contributed by atoms with Crippen LogP contribution >= 0.6 is 0 Å². The highest BCUT2D eigenvalue weighted by molar-refractivity contribution is 5.87. The van der Waals surface area contributed by atoms with E-state index in [1.165, 1.54) is 6.07 Å². The molecule has 142 valence electrons. The van der Waals surface area contributed by atoms with Crippen molar-refractivity contribution < 1.29 is 23.6 Å². The van der Waals surface area contributed by atoms with Crippen molar-refractivity contribution in [1.82, 2.24) is 5.32 Å². The molecule has 0 bridgehead atoms. The van der Waals surface area contributed by atoms with Gasteiger partial charge < -0.3 is 15.8 Å². The van der Waals surface area contributed by atoms with Crippen molar-refractivity contribution in [1.29, 1.82) is 0 Å². The molecule has 0 saturated heterocycles. The van der Waals surface area contributed by atoms with Gasteiger partial charge in [0.05, 0.1) is 11.5 Å². The van der Waals surface area contributed by atoms with Gasteiger partial charge in [0.25, 0.3) is 0 Å². The van der Waals surface area contributed by atoms with Gasteiger partial charge in [0.15, 0.2) is 0 Å². The van der Waals surface area contributed by atoms with E-state index in [4.69, 9.17) is 10.5 Å². The first-order valence-corrected chi connectivity index (χ1v) is 8.00. The van der Waals surface area contributed by atoms with Crippen LogP contribution in [0.2, 0.25) is 0 Å². The Morgan fingerprint density at radius 1 is 1.19 bits per heavy atom. The van der Waals surface area contributed by atoms with E-state index in [9.17, 15) is 24.1 Å². The summed E-state index contributed by atoms with van der Waals surface area (Å²) in [5, 5.41) is 13.2. The molecule has 9 heteroatoms. The third-order valence-electron chi connectivity index (χ3n) is 3.67. The summed E-state index contributed by atoms with van der Waals surface area (Å²) in [6, 6.07) is 11.3. The van der Waals surface area contributed by atoms with Crippen LogP contribution in [0.15, 0.2) is 48.5 Å². The van der Waals surface area contributed by atoms with Gasteiger partial charge in [0, 0.05) is 12.5 Å². The number of ether oxygens (including phenoxy) is 1. The van der Waals surface area contributed by atoms with Gasteiger partial charge in [-0.25, -0.2) is 0 Å². The lowest BCUT2D eigenvalue weighted by molar-refractivity contribution is -0.387. The highest BCUT2D eigenvalue weighted by Crippen LogP contribution is 2.19. The predicted molar refractivity (Wildman–Crippen MR) is 94.0 cm³/mol. The fourth-order valence-electron chi connectivity index (χ4n) is 2.36. The summed E-state index contributed by atoms with van der Waals surface area (Å²) in [6.07, 6.45) is -0.110. The molecule has 0 spiro atoms. The van der Waals surface area contributed by atoms with Crippen molar-refractivity contribution in [2.75, 3.05) is 6.61 Å². The van der Waals surface area contributed by atoms with Crippen molar-refractivity contribution >= 4 is 17.5 Å². The predicted octanol–water partition coefficient (Wildman–Crippen LogP) is 1.46. The van der Waals surface area contributed by atoms with Gasteiger partial charge >= 0.3 is 5.69 Å². The zero-order chi connectivity index (χ0) is 19.8. The van der Waals surface area contributed by atoms with Crippen LogP contribution in [0.5, 0.6) is 0 Å². The number of hydrogen-bond acceptors (Lipinski definition) is 5. The Morgan fingerprint density at radius 2 is 1.89 bits per heavy atom. The fraction of sp³-hybridized carbons (Fsp3) is 0.222. The molecule has 0 radical (unpaired) electrons. The molecule has 0 saturated carbocycles. The molecule has 0 unspecified atom stereocenters. The van der Waals surface area contributed by atoms with Gasteiger partial charge in [0.1, 0.15) is 12.6 Å². The lowest BCUT2D eigenvalue weighted by atomic mass is 10.0. The molecule has 0 aliphatic carbocycles. The second-order valence-electron chi connectivity index (χ2n) is 5.75. The number of nitrogens with one attached hydrogen (secondary N) is 1. The molecule has 0 fully saturated rings. The number of rotatable bonds is 9. The summed E-state index contributed by atoms with van der Waals surface area (Å²) in [5.41, 5.74) is 5.74. The number of nitrogens with zero attached hydrogens (tertiary/aromatic N) is 1. The number of primary amides is 1. The minimum atomic E-state index is -1.11. The first kappa shape index (κ1) is 20.0. The smallest absolute Gasteiger partial charge is 0.305 e. The Morgan fingerprint density at radius 3 is 2.52 bits per heavy atom. The Hall–Kier alpha value is -3.33. The second-order valence-corrected chi connectivity index (χ2v) is 5.75. The quantitative estimate of drug-likeness (QED) is 0.507. The second kappa shape index (κ2) is 9.39. The molecule has 2 aromatic rings. The lowest BCUT2D eigenvalue weighted by Crippen LogP contribution is -2.47. The molecule has 2 amide bonds. The number of carbonyl (C=O) groups excluding carboxylic acids is 2. The van der Waals surface area contributed by atoms with Crippen LogP contribution in [0.3, 0.4) is 0 Å². The average Bonchev–Trinajstić information content (AvgIpc) is 2.63. The first-order chi connectivity index (χ1) is 12.9. The highest BCUT2D eigenvalue weighted by Gasteiger charge is 2.21. The highest BCUT2D eigenvalue weighted by atomic mass is 19.1. The number of nitro groups is 1. The summed E-state index contributed by atoms with van der Waals surface area (Å²) in [4.78, 5) is 33.5. The molecule has 0 aliphatic rings. The van der Waals surface area contributed by atoms with Gasteiger partial charge in [-0.2, -0.15) is 4.39 Å². The first-order valence-electron chi connectivity index (χ1n) is 8.00. The number of carbonyl (C=O) groups is 2. The van der Waals surface area contributed by atoms with E-state index in [0.717, 1.165) is 17.7 Å². The van der Waals surface area contributed by atoms with Crippen LogP contribution in [0.1, 0.15) is 11.1 Å². The van der Waals surface area contributed by atoms with E-state index < -0.39 is 34.3 Å². The lowest BCUT2D eigenvalue weighted by Gasteiger charge is -2.15. The minimum Gasteiger partial charge on any atom is -0.368 e. The number of nitro benzene ring substituents is 1. The SMILES string of the molecule is NC(=O)[C@H](Cc1ccc(F)c([N+](=O)[O-])c1)NC(=O)COCc1ccccc1. The van der Waals surface area contributed by atoms with Crippen molar-refractivity contribution in [2.45, 2.75) is 19.1 Å². The van der Waals surface area contributed by atoms with E-state index in [0.29, 0.717) is 0 Å². The summed E-state index contributed by atoms with van der Waals surface area (Å²) >= 11 is 0. The van der Waals surface area contributed by atoms with E-state index in [1.807, 2.05) is 30.3 Å². The molecule has 1 atom stereocenters. The maximum absolute atomic E-state index is 13.4. The van der Waals surface area contributed by atoms with Crippen molar-refractivity contribution in [3.05, 3.63) is 75.6 Å². The van der Waals surface area contributed by atoms with E-state index in [2.05, 4.69) is 5.32 Å². The van der Waals surface area contributed by atoms with E-state index in [-0.39, 0.29) is 25.2 Å². The van der Waals surface area contributed by atoms with Crippen LogP contribution < -0.4 is 11.1 Å². The van der Waals surface area contributed by atoms with Crippen molar-refractivity contribution in [2.24, 2.45) is 5.73 Å². The van der Waals surface area contributed by atoms with E-state index >= 15 is 0 Å². The summed E-state index contributed by atoms with van der Waals surface area (Å²) in [7, 11) is 0. The zero-order valence-electron chi connectivity index (χ0n) is 14.3. The third-order valence-corrected chi connectivity index (χ3v) is 3.67. The molecule has 3 N–H and O–H groups in total. The molecule has 8 nitrogen and oxygen atoms in total. The molecule has 0 heterocycles. The third kappa shape index (κ3) is 6.15. The zero-order valence-corrected chi connectivity index (χ0v) is 14.3. The van der Waals surface area contributed by atoms with Crippen molar-refractivity contribution in [3.63, 3.8) is 0 Å². The summed E-state index contributed by atoms with van der Waals surface area (Å²) < 4.78 is 18.7. The number of benzene rings is 2. The summed E-state index contributed by atoms with van der Waals surface area (Å²) in [6.45, 7) is -0.0676. The van der Waals surface area contributed by atoms with Gasteiger partial charge in [0.2, 0.25) is 17.6 Å². The Balaban J connectivity index is 1.93. The molecular formula is C18H18FN3O5. The summed E-state index contributed by atoms with van der Waals surface area (Å²) in [5.74, 6) is -2.37. The number of nitrogens with two attached hydrogens (primary N) is 1. The number of hydrogen-bond donors (Lipinski definition) is 2. The number of halogens is 1. The van der Waals surface area contributed by atoms with Gasteiger partial charge in [-0.1, -0.05) is 36.4 Å². The molecule has 2 aromatic carbocycles. The average molecular weight is 375 g/mol. The van der Waals surface area contributed by atoms with Crippen molar-refractivity contribution in [3.8, 4) is 0 Å². The van der Waals surface area contributed by atoms with E-state index in [1.54, 1.807) is 0 Å². The van der Waals surface area contributed by atoms with Gasteiger partial charge in [-0.05, 0) is 17.2 Å². The number of amides is 2. The normalized spacial score (nSPS) is 11.6. The Bertz CT molecular complexity index is 829. The minimum absolute atomic E-state index is 0.110. The fourth-order valence-corrected chi connectivity index (χ4v) is 2.36. The Kier molecular flexibility index (Phi) is 6.95. The molecule has 27 heavy (non-hydrogen) atoms. The van der Waals surface area contributed by atoms with Crippen LogP contribution in [-0.4, -0.2) is 29.4 Å². The standard InChI is InChI=1S/C18H18FN3O5/c19-14-7-6-13(9-16(14)22(25)26)8-15(18(20)24)21-17(23)11-27-10-12-4-2-1-3-5-12/h1-7,9,15H,8,10-11H2,(H2,20,24)(H,21,23)/t15-/m0/s1. The molecule has 0 aromatic heterocycles. The van der Waals surface area contributed by atoms with Crippen LogP contribution in [0.4, 0.5) is 10.1 Å². The maximum atomic E-state index is 13.4. The maximum Gasteiger partial charge on any atom is 0.305 e. The van der Waals surface area contributed by atoms with Crippen LogP contribution in [-0.2, 0) is 27.4 Å². The molecule has 2 rings (SSSR count). The topological polar surface area (TPSA) is 125 Å². The van der Waals surface area contributed by atoms with Crippen LogP contribution in [0, 0.1) is 15.9 Å². The van der Waals surface area contributed by atoms with Crippen LogP contribution in [0.25, 0.3) is 0 Å².